The van der Waals surface area contributed by atoms with Crippen LogP contribution >= 0.6 is 0 Å². The average Bonchev–Trinajstić information content (AvgIpc) is 2.64. The zero-order valence-electron chi connectivity index (χ0n) is 12.0. The van der Waals surface area contributed by atoms with Crippen molar-refractivity contribution in [1.82, 2.24) is 20.1 Å². The van der Waals surface area contributed by atoms with Gasteiger partial charge >= 0.3 is 0 Å². The van der Waals surface area contributed by atoms with Gasteiger partial charge in [0.05, 0.1) is 12.6 Å². The van der Waals surface area contributed by atoms with Crippen LogP contribution in [0.4, 0.5) is 0 Å². The SMILES string of the molecule is CCCn1ncnc1CNCC(O)CC(C)(C)C. The molecule has 0 spiro atoms. The molecule has 0 aliphatic carbocycles. The number of aliphatic hydroxyl groups excluding tert-OH is 1. The molecule has 0 saturated carbocycles. The van der Waals surface area contributed by atoms with Crippen LogP contribution in [0.25, 0.3) is 0 Å². The molecule has 0 amide bonds. The Hall–Kier alpha value is -0.940. The van der Waals surface area contributed by atoms with E-state index < -0.39 is 0 Å². The Morgan fingerprint density at radius 2 is 2.17 bits per heavy atom. The largest absolute Gasteiger partial charge is 0.392 e. The first kappa shape index (κ1) is 15.1. The van der Waals surface area contributed by atoms with Crippen LogP contribution in [0.2, 0.25) is 0 Å². The molecule has 1 aromatic heterocycles. The van der Waals surface area contributed by atoms with Gasteiger partial charge in [0.25, 0.3) is 0 Å². The van der Waals surface area contributed by atoms with Gasteiger partial charge in [-0.15, -0.1) is 0 Å². The molecule has 0 aromatic carbocycles. The first-order valence-electron chi connectivity index (χ1n) is 6.68. The lowest BCUT2D eigenvalue weighted by Gasteiger charge is -2.22. The van der Waals surface area contributed by atoms with Crippen LogP contribution in [-0.2, 0) is 13.1 Å². The molecule has 0 radical (unpaired) electrons. The van der Waals surface area contributed by atoms with Crippen LogP contribution in [0.15, 0.2) is 6.33 Å². The highest BCUT2D eigenvalue weighted by atomic mass is 16.3. The minimum absolute atomic E-state index is 0.156. The van der Waals surface area contributed by atoms with Crippen LogP contribution < -0.4 is 5.32 Å². The van der Waals surface area contributed by atoms with Gasteiger partial charge in [-0.25, -0.2) is 9.67 Å². The van der Waals surface area contributed by atoms with E-state index in [1.54, 1.807) is 6.33 Å². The van der Waals surface area contributed by atoms with E-state index >= 15 is 0 Å². The zero-order valence-corrected chi connectivity index (χ0v) is 12.0. The van der Waals surface area contributed by atoms with E-state index in [9.17, 15) is 5.11 Å². The van der Waals surface area contributed by atoms with Gasteiger partial charge in [0.2, 0.25) is 0 Å². The van der Waals surface area contributed by atoms with Gasteiger partial charge in [-0.2, -0.15) is 5.10 Å². The Morgan fingerprint density at radius 3 is 2.78 bits per heavy atom. The summed E-state index contributed by atoms with van der Waals surface area (Å²) in [6.07, 6.45) is 3.11. The monoisotopic (exact) mass is 254 g/mol. The van der Waals surface area contributed by atoms with E-state index in [0.717, 1.165) is 25.2 Å². The van der Waals surface area contributed by atoms with Crippen molar-refractivity contribution < 1.29 is 5.11 Å². The molecule has 0 bridgehead atoms. The van der Waals surface area contributed by atoms with Crippen LogP contribution in [0.1, 0.15) is 46.4 Å². The van der Waals surface area contributed by atoms with E-state index in [1.165, 1.54) is 0 Å². The van der Waals surface area contributed by atoms with Gasteiger partial charge < -0.3 is 10.4 Å². The fraction of sp³-hybridized carbons (Fsp3) is 0.846. The van der Waals surface area contributed by atoms with Gasteiger partial charge in [0.1, 0.15) is 12.2 Å². The maximum Gasteiger partial charge on any atom is 0.140 e. The van der Waals surface area contributed by atoms with Crippen molar-refractivity contribution in [2.45, 2.75) is 59.7 Å². The Bertz CT molecular complexity index is 343. The molecule has 0 fully saturated rings. The number of aromatic nitrogens is 3. The average molecular weight is 254 g/mol. The molecular weight excluding hydrogens is 228 g/mol. The van der Waals surface area contributed by atoms with Crippen molar-refractivity contribution in [2.24, 2.45) is 5.41 Å². The third kappa shape index (κ3) is 5.60. The fourth-order valence-electron chi connectivity index (χ4n) is 1.95. The summed E-state index contributed by atoms with van der Waals surface area (Å²) in [5.74, 6) is 0.930. The van der Waals surface area contributed by atoms with E-state index in [1.807, 2.05) is 4.68 Å². The Labute approximate surface area is 110 Å². The zero-order chi connectivity index (χ0) is 13.6. The summed E-state index contributed by atoms with van der Waals surface area (Å²) in [7, 11) is 0. The number of nitrogens with zero attached hydrogens (tertiary/aromatic N) is 3. The second kappa shape index (κ2) is 6.85. The Morgan fingerprint density at radius 1 is 1.44 bits per heavy atom. The van der Waals surface area contributed by atoms with E-state index in [0.29, 0.717) is 13.1 Å². The molecule has 5 nitrogen and oxygen atoms in total. The highest BCUT2D eigenvalue weighted by molar-refractivity contribution is 4.84. The molecule has 0 aliphatic heterocycles. The quantitative estimate of drug-likeness (QED) is 0.775. The molecule has 18 heavy (non-hydrogen) atoms. The predicted molar refractivity (Wildman–Crippen MR) is 72.1 cm³/mol. The summed E-state index contributed by atoms with van der Waals surface area (Å²) in [6, 6.07) is 0. The highest BCUT2D eigenvalue weighted by Gasteiger charge is 2.16. The molecule has 1 aromatic rings. The van der Waals surface area contributed by atoms with Crippen molar-refractivity contribution in [3.8, 4) is 0 Å². The highest BCUT2D eigenvalue weighted by Crippen LogP contribution is 2.20. The summed E-state index contributed by atoms with van der Waals surface area (Å²) >= 11 is 0. The number of hydrogen-bond donors (Lipinski definition) is 2. The molecular formula is C13H26N4O. The molecule has 1 rings (SSSR count). The number of aliphatic hydroxyl groups is 1. The lowest BCUT2D eigenvalue weighted by Crippen LogP contribution is -2.30. The Balaban J connectivity index is 2.30. The number of hydrogen-bond acceptors (Lipinski definition) is 4. The van der Waals surface area contributed by atoms with Crippen LogP contribution in [-0.4, -0.2) is 32.5 Å². The predicted octanol–water partition coefficient (Wildman–Crippen LogP) is 1.57. The van der Waals surface area contributed by atoms with Crippen molar-refractivity contribution >= 4 is 0 Å². The second-order valence-corrected chi connectivity index (χ2v) is 5.95. The molecule has 5 heteroatoms. The van der Waals surface area contributed by atoms with Crippen LogP contribution in [0, 0.1) is 5.41 Å². The minimum Gasteiger partial charge on any atom is -0.392 e. The van der Waals surface area contributed by atoms with E-state index in [4.69, 9.17) is 0 Å². The fourth-order valence-corrected chi connectivity index (χ4v) is 1.95. The van der Waals surface area contributed by atoms with Crippen molar-refractivity contribution in [1.29, 1.82) is 0 Å². The van der Waals surface area contributed by atoms with Gasteiger partial charge in [0.15, 0.2) is 0 Å². The van der Waals surface area contributed by atoms with Gasteiger partial charge in [-0.05, 0) is 18.3 Å². The van der Waals surface area contributed by atoms with Gasteiger partial charge in [-0.3, -0.25) is 0 Å². The number of nitrogens with one attached hydrogen (secondary N) is 1. The maximum atomic E-state index is 9.88. The molecule has 0 aliphatic rings. The van der Waals surface area contributed by atoms with Gasteiger partial charge in [0, 0.05) is 13.1 Å². The standard InChI is InChI=1S/C13H26N4O/c1-5-6-17-12(15-10-16-17)9-14-8-11(18)7-13(2,3)4/h10-11,14,18H,5-9H2,1-4H3. The van der Waals surface area contributed by atoms with Crippen molar-refractivity contribution in [2.75, 3.05) is 6.54 Å². The first-order chi connectivity index (χ1) is 8.42. The molecule has 2 N–H and O–H groups in total. The normalized spacial score (nSPS) is 13.8. The summed E-state index contributed by atoms with van der Waals surface area (Å²) in [5.41, 5.74) is 0.156. The topological polar surface area (TPSA) is 63.0 Å². The van der Waals surface area contributed by atoms with Crippen LogP contribution in [0.3, 0.4) is 0 Å². The summed E-state index contributed by atoms with van der Waals surface area (Å²) < 4.78 is 1.91. The molecule has 1 unspecified atom stereocenters. The minimum atomic E-state index is -0.312. The lowest BCUT2D eigenvalue weighted by atomic mass is 9.89. The summed E-state index contributed by atoms with van der Waals surface area (Å²) in [6.45, 7) is 10.7. The van der Waals surface area contributed by atoms with Crippen LogP contribution in [0.5, 0.6) is 0 Å². The van der Waals surface area contributed by atoms with Gasteiger partial charge in [-0.1, -0.05) is 27.7 Å². The first-order valence-corrected chi connectivity index (χ1v) is 6.68. The molecule has 1 atom stereocenters. The third-order valence-corrected chi connectivity index (χ3v) is 2.64. The second-order valence-electron chi connectivity index (χ2n) is 5.95. The lowest BCUT2D eigenvalue weighted by molar-refractivity contribution is 0.119. The van der Waals surface area contributed by atoms with Crippen molar-refractivity contribution in [3.05, 3.63) is 12.2 Å². The number of aryl methyl sites for hydroxylation is 1. The molecule has 1 heterocycles. The summed E-state index contributed by atoms with van der Waals surface area (Å²) in [4.78, 5) is 4.21. The molecule has 104 valence electrons. The van der Waals surface area contributed by atoms with E-state index in [-0.39, 0.29) is 11.5 Å². The third-order valence-electron chi connectivity index (χ3n) is 2.64. The molecule has 0 saturated heterocycles. The van der Waals surface area contributed by atoms with Crippen molar-refractivity contribution in [3.63, 3.8) is 0 Å². The smallest absolute Gasteiger partial charge is 0.140 e. The summed E-state index contributed by atoms with van der Waals surface area (Å²) in [5, 5.41) is 17.3. The Kier molecular flexibility index (Phi) is 5.75. The van der Waals surface area contributed by atoms with E-state index in [2.05, 4.69) is 43.1 Å². The number of rotatable bonds is 7. The maximum absolute atomic E-state index is 9.88.